The van der Waals surface area contributed by atoms with Gasteiger partial charge in [-0.25, -0.2) is 4.79 Å². The van der Waals surface area contributed by atoms with E-state index in [0.717, 1.165) is 18.7 Å². The van der Waals surface area contributed by atoms with E-state index in [0.29, 0.717) is 13.1 Å². The summed E-state index contributed by atoms with van der Waals surface area (Å²) >= 11 is 0. The molecule has 0 saturated heterocycles. The zero-order valence-electron chi connectivity index (χ0n) is 11.9. The third-order valence-electron chi connectivity index (χ3n) is 3.73. The summed E-state index contributed by atoms with van der Waals surface area (Å²) in [5, 5.41) is 9.40. The summed E-state index contributed by atoms with van der Waals surface area (Å²) in [5.41, 5.74) is 7.79. The van der Waals surface area contributed by atoms with Gasteiger partial charge >= 0.3 is 6.09 Å². The Morgan fingerprint density at radius 1 is 1.42 bits per heavy atom. The van der Waals surface area contributed by atoms with Crippen molar-refractivity contribution in [2.45, 2.75) is 39.8 Å². The summed E-state index contributed by atoms with van der Waals surface area (Å²) in [6, 6.07) is 4.02. The number of nitrogens with zero attached hydrogens (tertiary/aromatic N) is 2. The van der Waals surface area contributed by atoms with Gasteiger partial charge in [0.1, 0.15) is 0 Å². The largest absolute Gasteiger partial charge is 0.465 e. The highest BCUT2D eigenvalue weighted by Crippen LogP contribution is 2.41. The van der Waals surface area contributed by atoms with Crippen LogP contribution >= 0.6 is 0 Å². The van der Waals surface area contributed by atoms with Crippen molar-refractivity contribution in [3.63, 3.8) is 0 Å². The molecule has 106 valence electrons. The van der Waals surface area contributed by atoms with Gasteiger partial charge < -0.3 is 15.4 Å². The summed E-state index contributed by atoms with van der Waals surface area (Å²) in [7, 11) is 0. The van der Waals surface area contributed by atoms with Gasteiger partial charge in [0.25, 0.3) is 0 Å². The molecule has 1 aliphatic rings. The smallest absolute Gasteiger partial charge is 0.407 e. The number of amides is 1. The molecular formula is C14H23N3O2. The van der Waals surface area contributed by atoms with Crippen LogP contribution in [-0.2, 0) is 13.0 Å². The van der Waals surface area contributed by atoms with E-state index in [2.05, 4.69) is 37.5 Å². The highest BCUT2D eigenvalue weighted by atomic mass is 16.4. The predicted molar refractivity (Wildman–Crippen MR) is 74.1 cm³/mol. The van der Waals surface area contributed by atoms with E-state index in [4.69, 9.17) is 5.73 Å². The van der Waals surface area contributed by atoms with Crippen molar-refractivity contribution < 1.29 is 9.90 Å². The summed E-state index contributed by atoms with van der Waals surface area (Å²) in [6.07, 6.45) is -0.00281. The minimum absolute atomic E-state index is 0.106. The second-order valence-electron chi connectivity index (χ2n) is 6.18. The second kappa shape index (κ2) is 4.89. The molecule has 0 saturated carbocycles. The maximum Gasteiger partial charge on any atom is 0.407 e. The molecule has 5 heteroatoms. The van der Waals surface area contributed by atoms with Gasteiger partial charge in [-0.2, -0.15) is 0 Å². The Kier molecular flexibility index (Phi) is 3.58. The Bertz CT molecular complexity index is 474. The molecule has 1 aromatic heterocycles. The van der Waals surface area contributed by atoms with Gasteiger partial charge in [0, 0.05) is 24.5 Å². The summed E-state index contributed by atoms with van der Waals surface area (Å²) in [5.74, 6) is 0. The normalized spacial score (nSPS) is 19.4. The number of carbonyl (C=O) groups is 1. The highest BCUT2D eigenvalue weighted by Gasteiger charge is 2.39. The van der Waals surface area contributed by atoms with Crippen LogP contribution in [-0.4, -0.2) is 33.8 Å². The number of rotatable bonds is 2. The molecule has 0 radical (unpaired) electrons. The van der Waals surface area contributed by atoms with Crippen molar-refractivity contribution in [2.75, 3.05) is 13.1 Å². The van der Waals surface area contributed by atoms with Gasteiger partial charge in [0.15, 0.2) is 0 Å². The average Bonchev–Trinajstić information content (AvgIpc) is 2.70. The Morgan fingerprint density at radius 2 is 2.11 bits per heavy atom. The lowest BCUT2D eigenvalue weighted by Gasteiger charge is -2.42. The molecule has 1 aliphatic heterocycles. The van der Waals surface area contributed by atoms with E-state index < -0.39 is 6.09 Å². The van der Waals surface area contributed by atoms with Crippen LogP contribution in [0.1, 0.15) is 38.2 Å². The first-order valence-corrected chi connectivity index (χ1v) is 6.74. The highest BCUT2D eigenvalue weighted by molar-refractivity contribution is 5.66. The number of hydrogen-bond donors (Lipinski definition) is 2. The molecule has 0 aromatic carbocycles. The zero-order valence-corrected chi connectivity index (χ0v) is 11.9. The number of nitrogens with two attached hydrogens (primary N) is 1. The summed E-state index contributed by atoms with van der Waals surface area (Å²) in [6.45, 7) is 8.12. The van der Waals surface area contributed by atoms with E-state index >= 15 is 0 Å². The molecule has 3 N–H and O–H groups in total. The molecule has 0 bridgehead atoms. The standard InChI is InChI=1S/C14H23N3O2/c1-14(2,3)12-11-5-4-10(6-7-15)16(11)8-9-17(12)13(18)19/h4-5,12H,6-9,15H2,1-3H3,(H,18,19). The second-order valence-corrected chi connectivity index (χ2v) is 6.18. The first kappa shape index (κ1) is 13.9. The van der Waals surface area contributed by atoms with Gasteiger partial charge in [-0.3, -0.25) is 4.90 Å². The Labute approximate surface area is 114 Å². The van der Waals surface area contributed by atoms with Crippen molar-refractivity contribution in [3.8, 4) is 0 Å². The zero-order chi connectivity index (χ0) is 14.2. The van der Waals surface area contributed by atoms with Crippen LogP contribution in [0.2, 0.25) is 0 Å². The molecule has 1 amide bonds. The minimum Gasteiger partial charge on any atom is -0.465 e. The van der Waals surface area contributed by atoms with Gasteiger partial charge in [-0.15, -0.1) is 0 Å². The van der Waals surface area contributed by atoms with Gasteiger partial charge in [0.2, 0.25) is 0 Å². The monoisotopic (exact) mass is 265 g/mol. The van der Waals surface area contributed by atoms with Gasteiger partial charge in [-0.05, 0) is 30.5 Å². The fraction of sp³-hybridized carbons (Fsp3) is 0.643. The lowest BCUT2D eigenvalue weighted by atomic mass is 9.83. The lowest BCUT2D eigenvalue weighted by molar-refractivity contribution is 0.0627. The van der Waals surface area contributed by atoms with E-state index in [9.17, 15) is 9.90 Å². The molecule has 1 unspecified atom stereocenters. The van der Waals surface area contributed by atoms with Crippen LogP contribution in [0.25, 0.3) is 0 Å². The number of aromatic nitrogens is 1. The molecule has 1 atom stereocenters. The number of carboxylic acid groups (broad SMARTS) is 1. The fourth-order valence-electron chi connectivity index (χ4n) is 3.02. The third kappa shape index (κ3) is 2.47. The summed E-state index contributed by atoms with van der Waals surface area (Å²) in [4.78, 5) is 13.0. The Balaban J connectivity index is 2.45. The first-order valence-electron chi connectivity index (χ1n) is 6.74. The van der Waals surface area contributed by atoms with Crippen molar-refractivity contribution in [3.05, 3.63) is 23.5 Å². The van der Waals surface area contributed by atoms with Crippen molar-refractivity contribution in [2.24, 2.45) is 11.1 Å². The first-order chi connectivity index (χ1) is 8.86. The van der Waals surface area contributed by atoms with Crippen LogP contribution in [0.15, 0.2) is 12.1 Å². The molecule has 19 heavy (non-hydrogen) atoms. The molecule has 0 aliphatic carbocycles. The van der Waals surface area contributed by atoms with Crippen molar-refractivity contribution in [1.29, 1.82) is 0 Å². The molecule has 5 nitrogen and oxygen atoms in total. The van der Waals surface area contributed by atoms with E-state index in [-0.39, 0.29) is 11.5 Å². The Hall–Kier alpha value is -1.49. The minimum atomic E-state index is -0.840. The SMILES string of the molecule is CC(C)(C)C1c2ccc(CCN)n2CCN1C(=O)O. The average molecular weight is 265 g/mol. The molecule has 1 aromatic rings. The molecule has 2 rings (SSSR count). The lowest BCUT2D eigenvalue weighted by Crippen LogP contribution is -2.46. The van der Waals surface area contributed by atoms with Crippen LogP contribution in [0.4, 0.5) is 4.79 Å². The van der Waals surface area contributed by atoms with Gasteiger partial charge in [-0.1, -0.05) is 20.8 Å². The van der Waals surface area contributed by atoms with Crippen LogP contribution in [0, 0.1) is 5.41 Å². The van der Waals surface area contributed by atoms with Crippen molar-refractivity contribution >= 4 is 6.09 Å². The van der Waals surface area contributed by atoms with Crippen LogP contribution < -0.4 is 5.73 Å². The molecular weight excluding hydrogens is 242 g/mol. The van der Waals surface area contributed by atoms with Crippen LogP contribution in [0.3, 0.4) is 0 Å². The maximum absolute atomic E-state index is 11.5. The molecule has 2 heterocycles. The molecule has 0 spiro atoms. The third-order valence-corrected chi connectivity index (χ3v) is 3.73. The fourth-order valence-corrected chi connectivity index (χ4v) is 3.02. The molecule has 0 fully saturated rings. The summed E-state index contributed by atoms with van der Waals surface area (Å²) < 4.78 is 2.24. The quantitative estimate of drug-likeness (QED) is 0.860. The van der Waals surface area contributed by atoms with E-state index in [1.165, 1.54) is 5.69 Å². The van der Waals surface area contributed by atoms with Crippen molar-refractivity contribution in [1.82, 2.24) is 9.47 Å². The van der Waals surface area contributed by atoms with Gasteiger partial charge in [0.05, 0.1) is 6.04 Å². The predicted octanol–water partition coefficient (Wildman–Crippen LogP) is 2.07. The van der Waals surface area contributed by atoms with E-state index in [1.54, 1.807) is 4.90 Å². The number of hydrogen-bond acceptors (Lipinski definition) is 2. The topological polar surface area (TPSA) is 71.5 Å². The van der Waals surface area contributed by atoms with E-state index in [1.807, 2.05) is 0 Å². The number of fused-ring (bicyclic) bond motifs is 1. The van der Waals surface area contributed by atoms with Crippen LogP contribution in [0.5, 0.6) is 0 Å². The Morgan fingerprint density at radius 3 is 2.63 bits per heavy atom. The maximum atomic E-state index is 11.5.